The van der Waals surface area contributed by atoms with Gasteiger partial charge in [-0.25, -0.2) is 0 Å². The number of rotatable bonds is 6. The normalized spacial score (nSPS) is 11.8. The Morgan fingerprint density at radius 3 is 1.52 bits per heavy atom. The Labute approximate surface area is 363 Å². The number of hydrogen-bond donors (Lipinski definition) is 0. The summed E-state index contributed by atoms with van der Waals surface area (Å²) in [6.45, 7) is 0. The molecule has 0 bridgehead atoms. The van der Waals surface area contributed by atoms with Crippen molar-refractivity contribution in [3.63, 3.8) is 0 Å². The van der Waals surface area contributed by atoms with E-state index in [1.54, 1.807) is 0 Å². The van der Waals surface area contributed by atoms with Gasteiger partial charge in [-0.05, 0) is 128 Å². The molecule has 63 heavy (non-hydrogen) atoms. The van der Waals surface area contributed by atoms with Crippen LogP contribution in [-0.4, -0.2) is 4.57 Å². The van der Waals surface area contributed by atoms with E-state index in [-0.39, 0.29) is 0 Å². The summed E-state index contributed by atoms with van der Waals surface area (Å²) in [4.78, 5) is 2.36. The second-order valence-corrected chi connectivity index (χ2v) is 16.5. The van der Waals surface area contributed by atoms with E-state index in [2.05, 4.69) is 240 Å². The molecule has 0 N–H and O–H groups in total. The minimum Gasteiger partial charge on any atom is -0.455 e. The van der Waals surface area contributed by atoms with Gasteiger partial charge in [0.15, 0.2) is 0 Å². The van der Waals surface area contributed by atoms with Gasteiger partial charge in [0, 0.05) is 49.7 Å². The molecule has 3 heteroatoms. The lowest BCUT2D eigenvalue weighted by Gasteiger charge is -2.26. The van der Waals surface area contributed by atoms with Crippen LogP contribution in [0, 0.1) is 0 Å². The Kier molecular flexibility index (Phi) is 7.91. The molecule has 0 aliphatic rings. The van der Waals surface area contributed by atoms with Gasteiger partial charge in [-0.1, -0.05) is 152 Å². The topological polar surface area (TPSA) is 21.3 Å². The summed E-state index contributed by atoms with van der Waals surface area (Å²) in [5.74, 6) is 0. The molecule has 294 valence electrons. The monoisotopic (exact) mass is 802 g/mol. The Morgan fingerprint density at radius 2 is 0.825 bits per heavy atom. The van der Waals surface area contributed by atoms with Crippen LogP contribution in [0.3, 0.4) is 0 Å². The molecule has 0 atom stereocenters. The number of nitrogens with zero attached hydrogens (tertiary/aromatic N) is 2. The number of hydrogen-bond acceptors (Lipinski definition) is 2. The van der Waals surface area contributed by atoms with E-state index >= 15 is 0 Å². The maximum Gasteiger partial charge on any atom is 0.143 e. The average molecular weight is 803 g/mol. The zero-order chi connectivity index (χ0) is 41.4. The van der Waals surface area contributed by atoms with Crippen LogP contribution in [0.25, 0.3) is 104 Å². The van der Waals surface area contributed by atoms with E-state index in [9.17, 15) is 0 Å². The van der Waals surface area contributed by atoms with E-state index in [0.29, 0.717) is 0 Å². The minimum atomic E-state index is 0.878. The molecule has 0 radical (unpaired) electrons. The standard InChI is InChI=1S/C60H38N2O/c1-3-14-50-41(10-1)20-21-43-22-23-45(37-55(43)50)40-26-31-47(32-27-40)61(49-33-35-59-56(38-49)54-34-28-42-11-2-4-15-51(42)60(54)63-59)46-29-24-39(25-30-46)44-12-9-13-48(36-44)62-57-18-7-5-16-52(57)53-17-6-8-19-58(53)62/h1-38H. The lowest BCUT2D eigenvalue weighted by atomic mass is 9.97. The quantitative estimate of drug-likeness (QED) is 0.156. The van der Waals surface area contributed by atoms with Crippen LogP contribution in [-0.2, 0) is 0 Å². The van der Waals surface area contributed by atoms with Gasteiger partial charge in [0.25, 0.3) is 0 Å². The molecular formula is C60H38N2O. The molecule has 11 aromatic carbocycles. The van der Waals surface area contributed by atoms with E-state index in [1.807, 2.05) is 0 Å². The van der Waals surface area contributed by atoms with Gasteiger partial charge in [-0.15, -0.1) is 0 Å². The molecule has 0 fully saturated rings. The first kappa shape index (κ1) is 35.4. The van der Waals surface area contributed by atoms with Crippen LogP contribution < -0.4 is 4.90 Å². The molecule has 2 heterocycles. The predicted molar refractivity (Wildman–Crippen MR) is 266 cm³/mol. The third-order valence-corrected chi connectivity index (χ3v) is 13.0. The summed E-state index contributed by atoms with van der Waals surface area (Å²) in [6.07, 6.45) is 0. The average Bonchev–Trinajstić information content (AvgIpc) is 3.90. The van der Waals surface area contributed by atoms with Gasteiger partial charge >= 0.3 is 0 Å². The summed E-state index contributed by atoms with van der Waals surface area (Å²) in [5, 5.41) is 12.1. The molecule has 0 aliphatic heterocycles. The van der Waals surface area contributed by atoms with Crippen LogP contribution in [0.5, 0.6) is 0 Å². The first-order valence-electron chi connectivity index (χ1n) is 21.6. The number of anilines is 3. The van der Waals surface area contributed by atoms with Crippen molar-refractivity contribution >= 4 is 93.1 Å². The summed E-state index contributed by atoms with van der Waals surface area (Å²) < 4.78 is 8.94. The van der Waals surface area contributed by atoms with Crippen molar-refractivity contribution in [3.05, 3.63) is 231 Å². The summed E-state index contributed by atoms with van der Waals surface area (Å²) in [5.41, 5.74) is 13.3. The summed E-state index contributed by atoms with van der Waals surface area (Å²) in [7, 11) is 0. The van der Waals surface area contributed by atoms with Crippen molar-refractivity contribution in [1.82, 2.24) is 4.57 Å². The first-order chi connectivity index (χ1) is 31.2. The van der Waals surface area contributed by atoms with Crippen LogP contribution >= 0.6 is 0 Å². The van der Waals surface area contributed by atoms with Gasteiger partial charge < -0.3 is 13.9 Å². The third-order valence-electron chi connectivity index (χ3n) is 13.0. The summed E-state index contributed by atoms with van der Waals surface area (Å²) in [6, 6.07) is 83.5. The first-order valence-corrected chi connectivity index (χ1v) is 21.6. The maximum absolute atomic E-state index is 6.56. The Morgan fingerprint density at radius 1 is 0.302 bits per heavy atom. The van der Waals surface area contributed by atoms with E-state index < -0.39 is 0 Å². The maximum atomic E-state index is 6.56. The third kappa shape index (κ3) is 5.75. The van der Waals surface area contributed by atoms with Crippen molar-refractivity contribution in [2.75, 3.05) is 4.90 Å². The van der Waals surface area contributed by atoms with Gasteiger partial charge in [-0.2, -0.15) is 0 Å². The molecular weight excluding hydrogens is 765 g/mol. The smallest absolute Gasteiger partial charge is 0.143 e. The molecule has 0 saturated carbocycles. The molecule has 13 rings (SSSR count). The number of fused-ring (bicyclic) bond motifs is 11. The van der Waals surface area contributed by atoms with Crippen molar-refractivity contribution < 1.29 is 4.42 Å². The van der Waals surface area contributed by atoms with Crippen molar-refractivity contribution in [2.24, 2.45) is 0 Å². The molecule has 0 amide bonds. The van der Waals surface area contributed by atoms with Gasteiger partial charge in [0.2, 0.25) is 0 Å². The molecule has 3 nitrogen and oxygen atoms in total. The van der Waals surface area contributed by atoms with Gasteiger partial charge in [-0.3, -0.25) is 0 Å². The number of aromatic nitrogens is 1. The van der Waals surface area contributed by atoms with Crippen molar-refractivity contribution in [3.8, 4) is 27.9 Å². The highest BCUT2D eigenvalue weighted by Gasteiger charge is 2.18. The molecule has 13 aromatic rings. The van der Waals surface area contributed by atoms with Crippen molar-refractivity contribution in [1.29, 1.82) is 0 Å². The molecule has 0 unspecified atom stereocenters. The predicted octanol–water partition coefficient (Wildman–Crippen LogP) is 16.9. The zero-order valence-electron chi connectivity index (χ0n) is 34.2. The van der Waals surface area contributed by atoms with Crippen molar-refractivity contribution in [2.45, 2.75) is 0 Å². The SMILES string of the molecule is c1cc(-c2ccc(N(c3ccc(-c4ccc5ccc6ccccc6c5c4)cc3)c3ccc4oc5c6ccccc6ccc5c4c3)cc2)cc(-n2c3ccccc3c3ccccc32)c1. The highest BCUT2D eigenvalue weighted by atomic mass is 16.3. The van der Waals surface area contributed by atoms with Crippen LogP contribution in [0.2, 0.25) is 0 Å². The zero-order valence-corrected chi connectivity index (χ0v) is 34.2. The van der Waals surface area contributed by atoms with E-state index in [1.165, 1.54) is 65.4 Å². The Hall–Kier alpha value is -8.40. The number of para-hydroxylation sites is 2. The fourth-order valence-electron chi connectivity index (χ4n) is 9.89. The lowest BCUT2D eigenvalue weighted by molar-refractivity contribution is 0.672. The minimum absolute atomic E-state index is 0.878. The second kappa shape index (κ2) is 14.1. The molecule has 2 aromatic heterocycles. The highest BCUT2D eigenvalue weighted by molar-refractivity contribution is 6.16. The Bertz CT molecular complexity index is 3860. The second-order valence-electron chi connectivity index (χ2n) is 16.5. The summed E-state index contributed by atoms with van der Waals surface area (Å²) >= 11 is 0. The fourth-order valence-corrected chi connectivity index (χ4v) is 9.89. The number of benzene rings is 11. The largest absolute Gasteiger partial charge is 0.455 e. The van der Waals surface area contributed by atoms with E-state index in [4.69, 9.17) is 4.42 Å². The van der Waals surface area contributed by atoms with Gasteiger partial charge in [0.05, 0.1) is 11.0 Å². The van der Waals surface area contributed by atoms with Crippen LogP contribution in [0.15, 0.2) is 235 Å². The molecule has 0 saturated heterocycles. The van der Waals surface area contributed by atoms with E-state index in [0.717, 1.165) is 55.6 Å². The Balaban J connectivity index is 0.917. The number of furan rings is 1. The molecule has 0 spiro atoms. The fraction of sp³-hybridized carbons (Fsp3) is 0. The molecule has 0 aliphatic carbocycles. The highest BCUT2D eigenvalue weighted by Crippen LogP contribution is 2.42. The van der Waals surface area contributed by atoms with Crippen LogP contribution in [0.1, 0.15) is 0 Å². The lowest BCUT2D eigenvalue weighted by Crippen LogP contribution is -2.09. The van der Waals surface area contributed by atoms with Gasteiger partial charge in [0.1, 0.15) is 11.2 Å². The van der Waals surface area contributed by atoms with Crippen LogP contribution in [0.4, 0.5) is 17.1 Å².